The van der Waals surface area contributed by atoms with Crippen molar-refractivity contribution >= 4 is 11.4 Å². The highest BCUT2D eigenvalue weighted by Gasteiger charge is 2.43. The first-order valence-corrected chi connectivity index (χ1v) is 8.47. The first kappa shape index (κ1) is 13.8. The van der Waals surface area contributed by atoms with Crippen LogP contribution in [0.2, 0.25) is 0 Å². The van der Waals surface area contributed by atoms with Crippen molar-refractivity contribution in [2.24, 2.45) is 0 Å². The maximum Gasteiger partial charge on any atom is 0.0539 e. The third kappa shape index (κ3) is 2.05. The van der Waals surface area contributed by atoms with Gasteiger partial charge in [0.15, 0.2) is 0 Å². The lowest BCUT2D eigenvalue weighted by atomic mass is 9.84. The van der Waals surface area contributed by atoms with Crippen molar-refractivity contribution in [1.82, 2.24) is 4.90 Å². The number of piperidine rings is 1. The van der Waals surface area contributed by atoms with Crippen molar-refractivity contribution in [3.05, 3.63) is 60.2 Å². The molecule has 4 rings (SSSR count). The molecule has 22 heavy (non-hydrogen) atoms. The van der Waals surface area contributed by atoms with Crippen LogP contribution < -0.4 is 4.90 Å². The van der Waals surface area contributed by atoms with Gasteiger partial charge in [0.2, 0.25) is 0 Å². The fourth-order valence-corrected chi connectivity index (χ4v) is 4.38. The molecule has 0 bridgehead atoms. The van der Waals surface area contributed by atoms with E-state index in [2.05, 4.69) is 78.2 Å². The van der Waals surface area contributed by atoms with E-state index in [9.17, 15) is 0 Å². The highest BCUT2D eigenvalue weighted by Crippen LogP contribution is 2.49. The molecule has 1 fully saturated rings. The molecule has 0 N–H and O–H groups in total. The zero-order valence-corrected chi connectivity index (χ0v) is 13.4. The first-order valence-electron chi connectivity index (χ1n) is 8.47. The fraction of sp³-hybridized carbons (Fsp3) is 0.400. The zero-order chi connectivity index (χ0) is 15.1. The van der Waals surface area contributed by atoms with E-state index in [4.69, 9.17) is 0 Å². The summed E-state index contributed by atoms with van der Waals surface area (Å²) >= 11 is 0. The van der Waals surface area contributed by atoms with Gasteiger partial charge in [-0.1, -0.05) is 43.3 Å². The fourth-order valence-electron chi connectivity index (χ4n) is 4.38. The number of rotatable bonds is 2. The molecular weight excluding hydrogens is 268 g/mol. The van der Waals surface area contributed by atoms with Gasteiger partial charge < -0.3 is 4.90 Å². The maximum absolute atomic E-state index is 2.63. The summed E-state index contributed by atoms with van der Waals surface area (Å²) in [4.78, 5) is 5.21. The van der Waals surface area contributed by atoms with Crippen molar-refractivity contribution < 1.29 is 0 Å². The topological polar surface area (TPSA) is 6.48 Å². The summed E-state index contributed by atoms with van der Waals surface area (Å²) < 4.78 is 0. The summed E-state index contributed by atoms with van der Waals surface area (Å²) in [6, 6.07) is 21.1. The zero-order valence-electron chi connectivity index (χ0n) is 13.4. The number of benzene rings is 2. The van der Waals surface area contributed by atoms with Crippen LogP contribution >= 0.6 is 0 Å². The predicted molar refractivity (Wildman–Crippen MR) is 92.9 cm³/mol. The lowest BCUT2D eigenvalue weighted by Crippen LogP contribution is -2.50. The molecule has 2 aromatic carbocycles. The van der Waals surface area contributed by atoms with Crippen LogP contribution in [0.1, 0.15) is 31.7 Å². The van der Waals surface area contributed by atoms with Gasteiger partial charge in [0.1, 0.15) is 0 Å². The normalized spacial score (nSPS) is 27.5. The minimum atomic E-state index is 0.566. The van der Waals surface area contributed by atoms with Gasteiger partial charge in [-0.05, 0) is 43.7 Å². The molecule has 114 valence electrons. The van der Waals surface area contributed by atoms with E-state index in [1.807, 2.05) is 0 Å². The molecule has 2 aromatic rings. The summed E-state index contributed by atoms with van der Waals surface area (Å²) in [7, 11) is 0. The number of fused-ring (bicyclic) bond motifs is 3. The molecule has 0 aliphatic carbocycles. The molecule has 3 atom stereocenters. The maximum atomic E-state index is 2.63. The van der Waals surface area contributed by atoms with Crippen molar-refractivity contribution in [2.75, 3.05) is 18.0 Å². The summed E-state index contributed by atoms with van der Waals surface area (Å²) in [6.45, 7) is 6.97. The van der Waals surface area contributed by atoms with E-state index >= 15 is 0 Å². The summed E-state index contributed by atoms with van der Waals surface area (Å²) in [5.74, 6) is 0.661. The smallest absolute Gasteiger partial charge is 0.0539 e. The summed E-state index contributed by atoms with van der Waals surface area (Å²) in [5.41, 5.74) is 4.28. The van der Waals surface area contributed by atoms with E-state index in [0.717, 1.165) is 13.1 Å². The van der Waals surface area contributed by atoms with Crippen LogP contribution in [0.25, 0.3) is 0 Å². The average molecular weight is 292 g/mol. The molecule has 0 spiro atoms. The third-order valence-corrected chi connectivity index (χ3v) is 5.47. The molecule has 2 aliphatic rings. The second-order valence-corrected chi connectivity index (χ2v) is 6.61. The monoisotopic (exact) mass is 292 g/mol. The molecule has 1 unspecified atom stereocenters. The lowest BCUT2D eigenvalue weighted by Gasteiger charge is -2.43. The van der Waals surface area contributed by atoms with Crippen LogP contribution in [0.4, 0.5) is 11.4 Å². The predicted octanol–water partition coefficient (Wildman–Crippen LogP) is 4.40. The third-order valence-electron chi connectivity index (χ3n) is 5.47. The van der Waals surface area contributed by atoms with Gasteiger partial charge in [0.05, 0.1) is 6.04 Å². The minimum Gasteiger partial charge on any atom is -0.336 e. The van der Waals surface area contributed by atoms with E-state index in [1.54, 1.807) is 5.56 Å². The van der Waals surface area contributed by atoms with Gasteiger partial charge in [-0.3, -0.25) is 4.90 Å². The van der Waals surface area contributed by atoms with Gasteiger partial charge >= 0.3 is 0 Å². The number of likely N-dealkylation sites (N-methyl/N-ethyl adjacent to an activating group) is 1. The molecule has 0 saturated carbocycles. The number of nitrogens with zero attached hydrogens (tertiary/aromatic N) is 2. The molecule has 0 radical (unpaired) electrons. The second-order valence-electron chi connectivity index (χ2n) is 6.61. The Morgan fingerprint density at radius 3 is 2.50 bits per heavy atom. The first-order chi connectivity index (χ1) is 10.8. The Morgan fingerprint density at radius 1 is 1.00 bits per heavy atom. The van der Waals surface area contributed by atoms with Gasteiger partial charge in [-0.2, -0.15) is 0 Å². The Hall–Kier alpha value is -1.80. The average Bonchev–Trinajstić information content (AvgIpc) is 2.88. The second kappa shape index (κ2) is 5.44. The number of hydrogen-bond donors (Lipinski definition) is 0. The largest absolute Gasteiger partial charge is 0.336 e. The van der Waals surface area contributed by atoms with Gasteiger partial charge in [-0.15, -0.1) is 0 Å². The quantitative estimate of drug-likeness (QED) is 0.809. The van der Waals surface area contributed by atoms with E-state index in [1.165, 1.54) is 17.8 Å². The molecule has 2 heterocycles. The highest BCUT2D eigenvalue weighted by atomic mass is 15.3. The van der Waals surface area contributed by atoms with Gasteiger partial charge in [0.25, 0.3) is 0 Å². The molecule has 2 aliphatic heterocycles. The SMILES string of the molecule is CCN1C[C@@H]2[C@@H](CC1C)c1ccccc1N2c1ccccc1. The molecule has 1 saturated heterocycles. The minimum absolute atomic E-state index is 0.566. The van der Waals surface area contributed by atoms with Crippen LogP contribution in [0.3, 0.4) is 0 Å². The molecule has 0 aromatic heterocycles. The summed E-state index contributed by atoms with van der Waals surface area (Å²) in [5, 5.41) is 0. The Balaban J connectivity index is 1.80. The Labute approximate surface area is 133 Å². The van der Waals surface area contributed by atoms with E-state index in [-0.39, 0.29) is 0 Å². The van der Waals surface area contributed by atoms with E-state index in [0.29, 0.717) is 18.0 Å². The summed E-state index contributed by atoms with van der Waals surface area (Å²) in [6.07, 6.45) is 1.26. The van der Waals surface area contributed by atoms with Crippen molar-refractivity contribution in [3.8, 4) is 0 Å². The Morgan fingerprint density at radius 2 is 1.73 bits per heavy atom. The van der Waals surface area contributed by atoms with E-state index < -0.39 is 0 Å². The van der Waals surface area contributed by atoms with Crippen molar-refractivity contribution in [3.63, 3.8) is 0 Å². The van der Waals surface area contributed by atoms with Crippen LogP contribution in [0, 0.1) is 0 Å². The van der Waals surface area contributed by atoms with Crippen LogP contribution in [-0.4, -0.2) is 30.1 Å². The molecule has 0 amide bonds. The standard InChI is InChI=1S/C20H24N2/c1-3-21-14-20-18(13-15(21)2)17-11-7-8-12-19(17)22(20)16-9-5-4-6-10-16/h4-12,15,18,20H,3,13-14H2,1-2H3/t15?,18-,20+/m0/s1. The van der Waals surface area contributed by atoms with Crippen molar-refractivity contribution in [2.45, 2.75) is 38.3 Å². The Bertz CT molecular complexity index is 652. The number of likely N-dealkylation sites (tertiary alicyclic amines) is 1. The molecular formula is C20H24N2. The van der Waals surface area contributed by atoms with Gasteiger partial charge in [0, 0.05) is 29.9 Å². The van der Waals surface area contributed by atoms with Gasteiger partial charge in [-0.25, -0.2) is 0 Å². The van der Waals surface area contributed by atoms with Crippen LogP contribution in [0.5, 0.6) is 0 Å². The number of para-hydroxylation sites is 2. The number of anilines is 2. The van der Waals surface area contributed by atoms with Crippen molar-refractivity contribution in [1.29, 1.82) is 0 Å². The lowest BCUT2D eigenvalue weighted by molar-refractivity contribution is 0.142. The van der Waals surface area contributed by atoms with Crippen LogP contribution in [0.15, 0.2) is 54.6 Å². The molecule has 2 heteroatoms. The highest BCUT2D eigenvalue weighted by molar-refractivity contribution is 5.73. The number of hydrogen-bond acceptors (Lipinski definition) is 2. The Kier molecular flexibility index (Phi) is 3.42. The molecule has 2 nitrogen and oxygen atoms in total. The van der Waals surface area contributed by atoms with Crippen LogP contribution in [-0.2, 0) is 0 Å².